The van der Waals surface area contributed by atoms with Gasteiger partial charge in [0.15, 0.2) is 0 Å². The second kappa shape index (κ2) is 8.22. The normalized spacial score (nSPS) is 11.7. The summed E-state index contributed by atoms with van der Waals surface area (Å²) in [5, 5.41) is 15.1. The molecule has 0 aromatic heterocycles. The zero-order chi connectivity index (χ0) is 16.7. The number of urea groups is 1. The highest BCUT2D eigenvalue weighted by Gasteiger charge is 2.07. The quantitative estimate of drug-likeness (QED) is 0.764. The van der Waals surface area contributed by atoms with Crippen molar-refractivity contribution < 1.29 is 9.90 Å². The number of rotatable bonds is 6. The number of aromatic hydroxyl groups is 1. The summed E-state index contributed by atoms with van der Waals surface area (Å²) in [7, 11) is 0. The van der Waals surface area contributed by atoms with E-state index in [4.69, 9.17) is 0 Å². The molecule has 1 atom stereocenters. The number of amides is 2. The van der Waals surface area contributed by atoms with Crippen molar-refractivity contribution in [2.24, 2.45) is 0 Å². The summed E-state index contributed by atoms with van der Waals surface area (Å²) in [6.45, 7) is 4.56. The minimum Gasteiger partial charge on any atom is -0.508 e. The number of carbonyl (C=O) groups excluding carboxylic acids is 1. The van der Waals surface area contributed by atoms with Crippen molar-refractivity contribution in [3.05, 3.63) is 65.2 Å². The highest BCUT2D eigenvalue weighted by atomic mass is 16.3. The van der Waals surface area contributed by atoms with E-state index in [1.54, 1.807) is 12.1 Å². The Morgan fingerprint density at radius 3 is 2.57 bits per heavy atom. The van der Waals surface area contributed by atoms with Crippen LogP contribution in [0.1, 0.15) is 30.0 Å². The van der Waals surface area contributed by atoms with Gasteiger partial charge in [-0.2, -0.15) is 0 Å². The van der Waals surface area contributed by atoms with E-state index < -0.39 is 0 Å². The summed E-state index contributed by atoms with van der Waals surface area (Å²) in [6.07, 6.45) is 1.71. The summed E-state index contributed by atoms with van der Waals surface area (Å²) in [5.41, 5.74) is 3.43. The largest absolute Gasteiger partial charge is 0.508 e. The maximum Gasteiger partial charge on any atom is 0.315 e. The van der Waals surface area contributed by atoms with E-state index in [-0.39, 0.29) is 17.8 Å². The van der Waals surface area contributed by atoms with Crippen molar-refractivity contribution in [2.45, 2.75) is 39.3 Å². The predicted molar refractivity (Wildman–Crippen MR) is 92.4 cm³/mol. The SMILES string of the molecule is Cc1cccc(CNC(=O)NC(C)CCc2ccc(O)cc2)c1. The molecule has 0 aliphatic heterocycles. The van der Waals surface area contributed by atoms with Gasteiger partial charge in [-0.05, 0) is 49.9 Å². The van der Waals surface area contributed by atoms with Crippen molar-refractivity contribution in [2.75, 3.05) is 0 Å². The van der Waals surface area contributed by atoms with E-state index >= 15 is 0 Å². The molecule has 2 rings (SSSR count). The Morgan fingerprint density at radius 2 is 1.87 bits per heavy atom. The van der Waals surface area contributed by atoms with E-state index in [2.05, 4.69) is 16.7 Å². The van der Waals surface area contributed by atoms with Gasteiger partial charge in [0.1, 0.15) is 5.75 Å². The van der Waals surface area contributed by atoms with Crippen LogP contribution in [-0.2, 0) is 13.0 Å². The number of hydrogen-bond donors (Lipinski definition) is 3. The van der Waals surface area contributed by atoms with E-state index in [0.717, 1.165) is 24.0 Å². The average Bonchev–Trinajstić information content (AvgIpc) is 2.52. The minimum atomic E-state index is -0.148. The molecule has 23 heavy (non-hydrogen) atoms. The lowest BCUT2D eigenvalue weighted by Gasteiger charge is -2.15. The fourth-order valence-corrected chi connectivity index (χ4v) is 2.40. The molecular formula is C19H24N2O2. The Balaban J connectivity index is 1.70. The highest BCUT2D eigenvalue weighted by molar-refractivity contribution is 5.74. The first-order valence-corrected chi connectivity index (χ1v) is 7.91. The van der Waals surface area contributed by atoms with Crippen molar-refractivity contribution in [1.29, 1.82) is 0 Å². The topological polar surface area (TPSA) is 61.4 Å². The van der Waals surface area contributed by atoms with Crippen molar-refractivity contribution in [3.63, 3.8) is 0 Å². The molecule has 0 bridgehead atoms. The molecule has 0 aliphatic carbocycles. The molecule has 2 amide bonds. The highest BCUT2D eigenvalue weighted by Crippen LogP contribution is 2.12. The van der Waals surface area contributed by atoms with Gasteiger partial charge in [-0.3, -0.25) is 0 Å². The van der Waals surface area contributed by atoms with Crippen LogP contribution >= 0.6 is 0 Å². The Bertz CT molecular complexity index is 638. The van der Waals surface area contributed by atoms with Crippen LogP contribution in [0.15, 0.2) is 48.5 Å². The maximum absolute atomic E-state index is 11.9. The third-order valence-electron chi connectivity index (χ3n) is 3.72. The lowest BCUT2D eigenvalue weighted by atomic mass is 10.1. The predicted octanol–water partition coefficient (Wildman–Crippen LogP) is 3.52. The van der Waals surface area contributed by atoms with Crippen LogP contribution in [-0.4, -0.2) is 17.2 Å². The summed E-state index contributed by atoms with van der Waals surface area (Å²) in [5.74, 6) is 0.274. The van der Waals surface area contributed by atoms with Gasteiger partial charge in [0.25, 0.3) is 0 Å². The van der Waals surface area contributed by atoms with E-state index in [1.165, 1.54) is 5.56 Å². The molecule has 0 heterocycles. The van der Waals surface area contributed by atoms with Crippen LogP contribution in [0.5, 0.6) is 5.75 Å². The van der Waals surface area contributed by atoms with E-state index in [0.29, 0.717) is 6.54 Å². The van der Waals surface area contributed by atoms with Gasteiger partial charge in [-0.1, -0.05) is 42.0 Å². The first kappa shape index (κ1) is 16.9. The molecule has 0 saturated heterocycles. The van der Waals surface area contributed by atoms with E-state index in [9.17, 15) is 9.90 Å². The van der Waals surface area contributed by atoms with Crippen LogP contribution in [0.3, 0.4) is 0 Å². The molecule has 3 N–H and O–H groups in total. The summed E-state index contributed by atoms with van der Waals surface area (Å²) < 4.78 is 0. The summed E-state index contributed by atoms with van der Waals surface area (Å²) in [6, 6.07) is 15.2. The number of nitrogens with one attached hydrogen (secondary N) is 2. The van der Waals surface area contributed by atoms with Crippen molar-refractivity contribution >= 4 is 6.03 Å². The standard InChI is InChI=1S/C19H24N2O2/c1-14-4-3-5-17(12-14)13-20-19(23)21-15(2)6-7-16-8-10-18(22)11-9-16/h3-5,8-12,15,22H,6-7,13H2,1-2H3,(H2,20,21,23). The molecule has 0 fully saturated rings. The second-order valence-corrected chi connectivity index (χ2v) is 5.92. The fraction of sp³-hybridized carbons (Fsp3) is 0.316. The lowest BCUT2D eigenvalue weighted by molar-refractivity contribution is 0.237. The van der Waals surface area contributed by atoms with Crippen LogP contribution in [0.2, 0.25) is 0 Å². The third-order valence-corrected chi connectivity index (χ3v) is 3.72. The molecule has 2 aromatic rings. The van der Waals surface area contributed by atoms with Crippen molar-refractivity contribution in [1.82, 2.24) is 10.6 Å². The van der Waals surface area contributed by atoms with E-state index in [1.807, 2.05) is 44.2 Å². The van der Waals surface area contributed by atoms with Gasteiger partial charge in [0.05, 0.1) is 0 Å². The van der Waals surface area contributed by atoms with Crippen LogP contribution in [0, 0.1) is 6.92 Å². The lowest BCUT2D eigenvalue weighted by Crippen LogP contribution is -2.40. The molecule has 4 heteroatoms. The Hall–Kier alpha value is -2.49. The monoisotopic (exact) mass is 312 g/mol. The maximum atomic E-state index is 11.9. The molecule has 0 radical (unpaired) electrons. The molecule has 0 spiro atoms. The minimum absolute atomic E-state index is 0.0845. The molecule has 4 nitrogen and oxygen atoms in total. The van der Waals surface area contributed by atoms with Gasteiger partial charge in [0, 0.05) is 12.6 Å². The Morgan fingerprint density at radius 1 is 1.13 bits per heavy atom. The van der Waals surface area contributed by atoms with Crippen LogP contribution in [0.4, 0.5) is 4.79 Å². The van der Waals surface area contributed by atoms with Gasteiger partial charge < -0.3 is 15.7 Å². The molecule has 0 saturated carbocycles. The van der Waals surface area contributed by atoms with Crippen LogP contribution in [0.25, 0.3) is 0 Å². The summed E-state index contributed by atoms with van der Waals surface area (Å²) >= 11 is 0. The molecule has 0 aliphatic rings. The molecule has 2 aromatic carbocycles. The number of phenolic OH excluding ortho intramolecular Hbond substituents is 1. The molecular weight excluding hydrogens is 288 g/mol. The number of aryl methyl sites for hydroxylation is 2. The third kappa shape index (κ3) is 6.02. The van der Waals surface area contributed by atoms with Gasteiger partial charge >= 0.3 is 6.03 Å². The molecule has 1 unspecified atom stereocenters. The second-order valence-electron chi connectivity index (χ2n) is 5.92. The number of phenols is 1. The van der Waals surface area contributed by atoms with Crippen LogP contribution < -0.4 is 10.6 Å². The van der Waals surface area contributed by atoms with Crippen molar-refractivity contribution in [3.8, 4) is 5.75 Å². The Kier molecular flexibility index (Phi) is 6.03. The average molecular weight is 312 g/mol. The fourth-order valence-electron chi connectivity index (χ4n) is 2.40. The zero-order valence-corrected chi connectivity index (χ0v) is 13.7. The van der Waals surface area contributed by atoms with Gasteiger partial charge in [-0.25, -0.2) is 4.79 Å². The number of benzene rings is 2. The Labute approximate surface area is 137 Å². The zero-order valence-electron chi connectivity index (χ0n) is 13.7. The first-order valence-electron chi connectivity index (χ1n) is 7.91. The number of carbonyl (C=O) groups is 1. The summed E-state index contributed by atoms with van der Waals surface area (Å²) in [4.78, 5) is 11.9. The van der Waals surface area contributed by atoms with Gasteiger partial charge in [0.2, 0.25) is 0 Å². The number of hydrogen-bond acceptors (Lipinski definition) is 2. The smallest absolute Gasteiger partial charge is 0.315 e. The van der Waals surface area contributed by atoms with Gasteiger partial charge in [-0.15, -0.1) is 0 Å². The molecule has 122 valence electrons. The first-order chi connectivity index (χ1) is 11.0.